The second kappa shape index (κ2) is 5.55. The fourth-order valence-corrected chi connectivity index (χ4v) is 1.04. The summed E-state index contributed by atoms with van der Waals surface area (Å²) < 4.78 is 0. The molecule has 1 aromatic rings. The van der Waals surface area contributed by atoms with Crippen LogP contribution in [0.25, 0.3) is 6.08 Å². The van der Waals surface area contributed by atoms with Crippen LogP contribution in [0.1, 0.15) is 5.56 Å². The number of amides is 2. The summed E-state index contributed by atoms with van der Waals surface area (Å²) in [6, 6.07) is 6.51. The molecule has 0 bridgehead atoms. The minimum absolute atomic E-state index is 0.297. The molecule has 1 rings (SSSR count). The SMILES string of the molecule is CNC(=O)Nc1ccc(/C=C/C(=O)O)cc1. The maximum atomic E-state index is 11.0. The minimum atomic E-state index is -0.993. The van der Waals surface area contributed by atoms with Crippen LogP contribution in [-0.2, 0) is 4.79 Å². The van der Waals surface area contributed by atoms with E-state index in [0.29, 0.717) is 5.69 Å². The van der Waals surface area contributed by atoms with Crippen molar-refractivity contribution in [3.8, 4) is 0 Å². The molecule has 0 unspecified atom stereocenters. The van der Waals surface area contributed by atoms with E-state index in [2.05, 4.69) is 10.6 Å². The molecule has 16 heavy (non-hydrogen) atoms. The molecular formula is C11H12N2O3. The molecule has 3 N–H and O–H groups in total. The first-order valence-corrected chi connectivity index (χ1v) is 4.61. The van der Waals surface area contributed by atoms with Gasteiger partial charge in [0.25, 0.3) is 0 Å². The zero-order valence-electron chi connectivity index (χ0n) is 8.73. The number of carbonyl (C=O) groups is 2. The molecule has 2 amide bonds. The number of hydrogen-bond donors (Lipinski definition) is 3. The fraction of sp³-hybridized carbons (Fsp3) is 0.0909. The van der Waals surface area contributed by atoms with Crippen LogP contribution in [0.3, 0.4) is 0 Å². The predicted molar refractivity (Wildman–Crippen MR) is 61.2 cm³/mol. The lowest BCUT2D eigenvalue weighted by Crippen LogP contribution is -2.24. The Morgan fingerprint density at radius 2 is 1.88 bits per heavy atom. The number of hydrogen-bond acceptors (Lipinski definition) is 2. The van der Waals surface area contributed by atoms with Gasteiger partial charge in [-0.2, -0.15) is 0 Å². The monoisotopic (exact) mass is 220 g/mol. The van der Waals surface area contributed by atoms with E-state index in [0.717, 1.165) is 11.6 Å². The summed E-state index contributed by atoms with van der Waals surface area (Å²) in [5, 5.41) is 13.4. The predicted octanol–water partition coefficient (Wildman–Crippen LogP) is 1.54. The fourth-order valence-electron chi connectivity index (χ4n) is 1.04. The number of carbonyl (C=O) groups excluding carboxylic acids is 1. The van der Waals surface area contributed by atoms with Gasteiger partial charge in [0.05, 0.1) is 0 Å². The number of carboxylic acids is 1. The van der Waals surface area contributed by atoms with E-state index in [-0.39, 0.29) is 6.03 Å². The van der Waals surface area contributed by atoms with Crippen LogP contribution >= 0.6 is 0 Å². The first kappa shape index (κ1) is 11.8. The first-order chi connectivity index (χ1) is 7.61. The smallest absolute Gasteiger partial charge is 0.328 e. The summed E-state index contributed by atoms with van der Waals surface area (Å²) >= 11 is 0. The van der Waals surface area contributed by atoms with E-state index in [1.165, 1.54) is 13.1 Å². The third-order valence-corrected chi connectivity index (χ3v) is 1.81. The van der Waals surface area contributed by atoms with Gasteiger partial charge in [-0.1, -0.05) is 12.1 Å². The van der Waals surface area contributed by atoms with E-state index in [1.54, 1.807) is 24.3 Å². The van der Waals surface area contributed by atoms with Gasteiger partial charge in [0.15, 0.2) is 0 Å². The number of rotatable bonds is 3. The van der Waals surface area contributed by atoms with E-state index in [4.69, 9.17) is 5.11 Å². The summed E-state index contributed by atoms with van der Waals surface area (Å²) in [6.45, 7) is 0. The molecule has 0 heterocycles. The number of aliphatic carboxylic acids is 1. The molecule has 1 aromatic carbocycles. The summed E-state index contributed by atoms with van der Waals surface area (Å²) in [5.41, 5.74) is 1.40. The average Bonchev–Trinajstić information content (AvgIpc) is 2.28. The molecule has 0 aliphatic carbocycles. The van der Waals surface area contributed by atoms with Crippen LogP contribution in [0.4, 0.5) is 10.5 Å². The van der Waals surface area contributed by atoms with Crippen molar-refractivity contribution < 1.29 is 14.7 Å². The van der Waals surface area contributed by atoms with Crippen LogP contribution in [0.2, 0.25) is 0 Å². The van der Waals surface area contributed by atoms with Gasteiger partial charge in [0.1, 0.15) is 0 Å². The van der Waals surface area contributed by atoms with Gasteiger partial charge in [-0.25, -0.2) is 9.59 Å². The van der Waals surface area contributed by atoms with E-state index in [1.807, 2.05) is 0 Å². The molecule has 5 nitrogen and oxygen atoms in total. The number of benzene rings is 1. The molecule has 0 radical (unpaired) electrons. The summed E-state index contributed by atoms with van der Waals surface area (Å²) in [5.74, 6) is -0.993. The normalized spacial score (nSPS) is 10.1. The Kier molecular flexibility index (Phi) is 4.08. The van der Waals surface area contributed by atoms with Crippen molar-refractivity contribution in [2.24, 2.45) is 0 Å². The summed E-state index contributed by atoms with van der Waals surface area (Å²) in [6.07, 6.45) is 2.53. The standard InChI is InChI=1S/C11H12N2O3/c1-12-11(16)13-9-5-2-8(3-6-9)4-7-10(14)15/h2-7H,1H3,(H,14,15)(H2,12,13,16)/b7-4+. The maximum Gasteiger partial charge on any atom is 0.328 e. The molecule has 0 atom stereocenters. The van der Waals surface area contributed by atoms with Crippen molar-refractivity contribution in [1.29, 1.82) is 0 Å². The van der Waals surface area contributed by atoms with Crippen molar-refractivity contribution in [2.75, 3.05) is 12.4 Å². The number of anilines is 1. The largest absolute Gasteiger partial charge is 0.478 e. The van der Waals surface area contributed by atoms with Gasteiger partial charge < -0.3 is 15.7 Å². The highest BCUT2D eigenvalue weighted by Gasteiger charge is 1.97. The van der Waals surface area contributed by atoms with Gasteiger partial charge >= 0.3 is 12.0 Å². The third-order valence-electron chi connectivity index (χ3n) is 1.81. The van der Waals surface area contributed by atoms with Crippen molar-refractivity contribution in [1.82, 2.24) is 5.32 Å². The van der Waals surface area contributed by atoms with Crippen LogP contribution < -0.4 is 10.6 Å². The van der Waals surface area contributed by atoms with Crippen LogP contribution in [0, 0.1) is 0 Å². The second-order valence-electron chi connectivity index (χ2n) is 3.00. The second-order valence-corrected chi connectivity index (χ2v) is 3.00. The third kappa shape index (κ3) is 3.83. The Hall–Kier alpha value is -2.30. The molecule has 0 aliphatic rings. The first-order valence-electron chi connectivity index (χ1n) is 4.61. The molecule has 0 aromatic heterocycles. The Morgan fingerprint density at radius 3 is 2.38 bits per heavy atom. The Morgan fingerprint density at radius 1 is 1.25 bits per heavy atom. The lowest BCUT2D eigenvalue weighted by molar-refractivity contribution is -0.131. The highest BCUT2D eigenvalue weighted by Crippen LogP contribution is 2.10. The highest BCUT2D eigenvalue weighted by molar-refractivity contribution is 5.89. The molecule has 0 saturated carbocycles. The number of carboxylic acid groups (broad SMARTS) is 1. The summed E-state index contributed by atoms with van der Waals surface area (Å²) in [4.78, 5) is 21.2. The van der Waals surface area contributed by atoms with Crippen molar-refractivity contribution in [2.45, 2.75) is 0 Å². The van der Waals surface area contributed by atoms with Crippen LogP contribution in [-0.4, -0.2) is 24.2 Å². The van der Waals surface area contributed by atoms with Crippen molar-refractivity contribution in [3.05, 3.63) is 35.9 Å². The van der Waals surface area contributed by atoms with Gasteiger partial charge in [0, 0.05) is 18.8 Å². The minimum Gasteiger partial charge on any atom is -0.478 e. The molecule has 84 valence electrons. The highest BCUT2D eigenvalue weighted by atomic mass is 16.4. The lowest BCUT2D eigenvalue weighted by atomic mass is 10.2. The van der Waals surface area contributed by atoms with Gasteiger partial charge in [0.2, 0.25) is 0 Å². The topological polar surface area (TPSA) is 78.4 Å². The van der Waals surface area contributed by atoms with E-state index < -0.39 is 5.97 Å². The quantitative estimate of drug-likeness (QED) is 0.676. The molecular weight excluding hydrogens is 208 g/mol. The molecule has 0 saturated heterocycles. The van der Waals surface area contributed by atoms with Gasteiger partial charge in [-0.3, -0.25) is 0 Å². The summed E-state index contributed by atoms with van der Waals surface area (Å²) in [7, 11) is 1.53. The number of urea groups is 1. The Bertz CT molecular complexity index is 410. The maximum absolute atomic E-state index is 11.0. The molecule has 0 spiro atoms. The zero-order valence-corrected chi connectivity index (χ0v) is 8.73. The van der Waals surface area contributed by atoms with Crippen molar-refractivity contribution in [3.63, 3.8) is 0 Å². The Balaban J connectivity index is 2.68. The average molecular weight is 220 g/mol. The lowest BCUT2D eigenvalue weighted by Gasteiger charge is -2.03. The van der Waals surface area contributed by atoms with Crippen molar-refractivity contribution >= 4 is 23.8 Å². The molecule has 0 fully saturated rings. The van der Waals surface area contributed by atoms with Gasteiger partial charge in [-0.05, 0) is 23.8 Å². The molecule has 0 aliphatic heterocycles. The van der Waals surface area contributed by atoms with Gasteiger partial charge in [-0.15, -0.1) is 0 Å². The van der Waals surface area contributed by atoms with E-state index >= 15 is 0 Å². The van der Waals surface area contributed by atoms with E-state index in [9.17, 15) is 9.59 Å². The Labute approximate surface area is 92.8 Å². The zero-order chi connectivity index (χ0) is 12.0. The van der Waals surface area contributed by atoms with Crippen LogP contribution in [0.15, 0.2) is 30.3 Å². The molecule has 5 heteroatoms. The van der Waals surface area contributed by atoms with Crippen LogP contribution in [0.5, 0.6) is 0 Å². The number of nitrogens with one attached hydrogen (secondary N) is 2.